The van der Waals surface area contributed by atoms with Crippen LogP contribution in [0.5, 0.6) is 0 Å². The molecule has 33 heavy (non-hydrogen) atoms. The first-order valence-electron chi connectivity index (χ1n) is 11.1. The van der Waals surface area contributed by atoms with E-state index in [0.717, 1.165) is 25.7 Å². The molecule has 3 saturated carbocycles. The first-order chi connectivity index (χ1) is 16.1. The van der Waals surface area contributed by atoms with Crippen LogP contribution < -0.4 is 5.32 Å². The Kier molecular flexibility index (Phi) is 4.63. The number of anilines is 1. The lowest BCUT2D eigenvalue weighted by molar-refractivity contribution is -0.148. The second kappa shape index (κ2) is 7.68. The molecule has 3 N–H and O–H groups in total. The number of benzene rings is 1. The summed E-state index contributed by atoms with van der Waals surface area (Å²) in [6, 6.07) is 9.49. The summed E-state index contributed by atoms with van der Waals surface area (Å²) in [6.07, 6.45) is 5.50. The van der Waals surface area contributed by atoms with Crippen molar-refractivity contribution in [2.45, 2.75) is 31.7 Å². The highest BCUT2D eigenvalue weighted by Crippen LogP contribution is 2.46. The molecule has 1 aromatic carbocycles. The number of rotatable bonds is 5. The number of H-pyrrole nitrogens is 1. The van der Waals surface area contributed by atoms with Crippen LogP contribution in [0.25, 0.3) is 33.9 Å². The normalized spacial score (nSPS) is 24.3. The third kappa shape index (κ3) is 3.44. The van der Waals surface area contributed by atoms with Crippen LogP contribution in [-0.4, -0.2) is 37.3 Å². The molecule has 7 rings (SSSR count). The van der Waals surface area contributed by atoms with Crippen LogP contribution in [0.4, 0.5) is 10.2 Å². The fourth-order valence-electron chi connectivity index (χ4n) is 5.52. The summed E-state index contributed by atoms with van der Waals surface area (Å²) >= 11 is 0. The number of furan rings is 1. The predicted octanol–water partition coefficient (Wildman–Crippen LogP) is 4.72. The molecule has 2 bridgehead atoms. The summed E-state index contributed by atoms with van der Waals surface area (Å²) in [5.41, 5.74) is 1.62. The smallest absolute Gasteiger partial charge is 0.308 e. The zero-order valence-electron chi connectivity index (χ0n) is 17.7. The maximum absolute atomic E-state index is 13.9. The van der Waals surface area contributed by atoms with Gasteiger partial charge in [-0.25, -0.2) is 14.4 Å². The van der Waals surface area contributed by atoms with E-state index in [-0.39, 0.29) is 23.7 Å². The van der Waals surface area contributed by atoms with Crippen LogP contribution in [0.2, 0.25) is 0 Å². The minimum atomic E-state index is -0.767. The van der Waals surface area contributed by atoms with Gasteiger partial charge in [-0.05, 0) is 67.9 Å². The largest absolute Gasteiger partial charge is 0.481 e. The van der Waals surface area contributed by atoms with Gasteiger partial charge in [0.2, 0.25) is 0 Å². The van der Waals surface area contributed by atoms with E-state index in [9.17, 15) is 14.3 Å². The molecule has 0 spiro atoms. The number of carboxylic acid groups (broad SMARTS) is 1. The van der Waals surface area contributed by atoms with Crippen LogP contribution in [0.1, 0.15) is 25.7 Å². The fraction of sp³-hybridized carbons (Fsp3) is 0.333. The number of halogens is 1. The summed E-state index contributed by atoms with van der Waals surface area (Å²) in [6.45, 7) is 0. The summed E-state index contributed by atoms with van der Waals surface area (Å²) in [5.74, 6) is 0.204. The molecule has 0 amide bonds. The molecule has 3 heterocycles. The van der Waals surface area contributed by atoms with E-state index in [2.05, 4.69) is 25.5 Å². The molecule has 168 valence electrons. The minimum absolute atomic E-state index is 0.175. The number of aromatic amines is 1. The van der Waals surface area contributed by atoms with E-state index >= 15 is 0 Å². The third-order valence-corrected chi connectivity index (χ3v) is 7.06. The van der Waals surface area contributed by atoms with Crippen molar-refractivity contribution in [1.29, 1.82) is 0 Å². The van der Waals surface area contributed by atoms with Gasteiger partial charge >= 0.3 is 5.97 Å². The van der Waals surface area contributed by atoms with Crippen molar-refractivity contribution in [3.05, 3.63) is 48.5 Å². The highest BCUT2D eigenvalue weighted by molar-refractivity contribution is 5.91. The Morgan fingerprint density at radius 2 is 1.94 bits per heavy atom. The second-order valence-electron chi connectivity index (χ2n) is 8.91. The number of carbonyl (C=O) groups is 1. The van der Waals surface area contributed by atoms with Crippen LogP contribution in [0.15, 0.2) is 47.1 Å². The average molecular weight is 447 g/mol. The lowest BCUT2D eigenvalue weighted by Gasteiger charge is -2.47. The van der Waals surface area contributed by atoms with E-state index in [4.69, 9.17) is 4.42 Å². The molecule has 0 saturated heterocycles. The fourth-order valence-corrected chi connectivity index (χ4v) is 5.52. The Morgan fingerprint density at radius 1 is 1.12 bits per heavy atom. The zero-order chi connectivity index (χ0) is 22.5. The molecular formula is C24H22FN5O3. The molecule has 4 aromatic rings. The molecule has 3 fully saturated rings. The van der Waals surface area contributed by atoms with Crippen LogP contribution >= 0.6 is 0 Å². The summed E-state index contributed by atoms with van der Waals surface area (Å²) in [7, 11) is 0. The number of aliphatic carboxylic acids is 1. The standard InChI is InChI=1S/C24H22FN5O3/c25-14-7-8-16-15(10-14)22(30-29-16)23-26-17(18-2-1-9-33-18)11-19(28-23)27-21-13-5-3-12(4-6-13)20(21)24(31)32/h1-2,7-13,20-21H,3-6H2,(H,29,30)(H,31,32)(H,26,27,28). The van der Waals surface area contributed by atoms with Gasteiger partial charge in [-0.1, -0.05) is 0 Å². The van der Waals surface area contributed by atoms with Gasteiger partial charge in [0.15, 0.2) is 11.6 Å². The molecule has 8 nitrogen and oxygen atoms in total. The first kappa shape index (κ1) is 19.9. The molecular weight excluding hydrogens is 425 g/mol. The first-order valence-corrected chi connectivity index (χ1v) is 11.1. The van der Waals surface area contributed by atoms with Gasteiger partial charge < -0.3 is 14.8 Å². The number of hydrogen-bond acceptors (Lipinski definition) is 6. The van der Waals surface area contributed by atoms with Gasteiger partial charge in [0.25, 0.3) is 0 Å². The van der Waals surface area contributed by atoms with Crippen LogP contribution in [-0.2, 0) is 4.79 Å². The molecule has 9 heteroatoms. The maximum atomic E-state index is 13.9. The van der Waals surface area contributed by atoms with Gasteiger partial charge in [-0.2, -0.15) is 5.10 Å². The molecule has 0 aliphatic heterocycles. The number of nitrogens with one attached hydrogen (secondary N) is 2. The number of hydrogen-bond donors (Lipinski definition) is 3. The SMILES string of the molecule is O=C(O)C1C2CCC(CC2)C1Nc1cc(-c2ccco2)nc(-c2n[nH]c3ccc(F)cc23)n1. The van der Waals surface area contributed by atoms with Gasteiger partial charge in [-0.3, -0.25) is 9.89 Å². The summed E-state index contributed by atoms with van der Waals surface area (Å²) < 4.78 is 19.5. The monoisotopic (exact) mass is 447 g/mol. The Bertz CT molecular complexity index is 1330. The highest BCUT2D eigenvalue weighted by Gasteiger charge is 2.47. The molecule has 3 aliphatic rings. The lowest BCUT2D eigenvalue weighted by atomic mass is 9.61. The van der Waals surface area contributed by atoms with Gasteiger partial charge in [0, 0.05) is 17.5 Å². The number of fused-ring (bicyclic) bond motifs is 4. The number of aromatic nitrogens is 4. The van der Waals surface area contributed by atoms with Crippen LogP contribution in [0, 0.1) is 23.6 Å². The summed E-state index contributed by atoms with van der Waals surface area (Å²) in [4.78, 5) is 21.4. The van der Waals surface area contributed by atoms with Crippen molar-refractivity contribution in [2.75, 3.05) is 5.32 Å². The predicted molar refractivity (Wildman–Crippen MR) is 119 cm³/mol. The van der Waals surface area contributed by atoms with Crippen molar-refractivity contribution in [3.63, 3.8) is 0 Å². The van der Waals surface area contributed by atoms with E-state index in [0.29, 0.717) is 39.7 Å². The number of nitrogens with zero attached hydrogens (tertiary/aromatic N) is 3. The van der Waals surface area contributed by atoms with Crippen molar-refractivity contribution in [3.8, 4) is 23.0 Å². The summed E-state index contributed by atoms with van der Waals surface area (Å²) in [5, 5.41) is 21.1. The van der Waals surface area contributed by atoms with Crippen molar-refractivity contribution < 1.29 is 18.7 Å². The average Bonchev–Trinajstić information content (AvgIpc) is 3.49. The third-order valence-electron chi connectivity index (χ3n) is 7.06. The molecule has 2 unspecified atom stereocenters. The Balaban J connectivity index is 1.45. The van der Waals surface area contributed by atoms with Crippen molar-refractivity contribution in [2.24, 2.45) is 17.8 Å². The van der Waals surface area contributed by atoms with E-state index in [1.165, 1.54) is 12.1 Å². The lowest BCUT2D eigenvalue weighted by Crippen LogP contribution is -2.51. The van der Waals surface area contributed by atoms with E-state index < -0.39 is 11.9 Å². The molecule has 2 atom stereocenters. The number of carboxylic acids is 1. The molecule has 3 aliphatic carbocycles. The minimum Gasteiger partial charge on any atom is -0.481 e. The highest BCUT2D eigenvalue weighted by atomic mass is 19.1. The zero-order valence-corrected chi connectivity index (χ0v) is 17.7. The van der Waals surface area contributed by atoms with Gasteiger partial charge in [-0.15, -0.1) is 0 Å². The topological polar surface area (TPSA) is 117 Å². The Hall–Kier alpha value is -3.75. The van der Waals surface area contributed by atoms with Gasteiger partial charge in [0.1, 0.15) is 23.0 Å². The Labute approximate surface area is 188 Å². The van der Waals surface area contributed by atoms with Crippen molar-refractivity contribution in [1.82, 2.24) is 20.2 Å². The van der Waals surface area contributed by atoms with Crippen molar-refractivity contribution >= 4 is 22.7 Å². The second-order valence-corrected chi connectivity index (χ2v) is 8.91. The Morgan fingerprint density at radius 3 is 2.70 bits per heavy atom. The maximum Gasteiger partial charge on any atom is 0.308 e. The van der Waals surface area contributed by atoms with Crippen LogP contribution in [0.3, 0.4) is 0 Å². The van der Waals surface area contributed by atoms with E-state index in [1.54, 1.807) is 30.5 Å². The van der Waals surface area contributed by atoms with Gasteiger partial charge in [0.05, 0.1) is 17.7 Å². The quantitative estimate of drug-likeness (QED) is 0.405. The van der Waals surface area contributed by atoms with E-state index in [1.807, 2.05) is 0 Å². The molecule has 0 radical (unpaired) electrons. The molecule has 3 aromatic heterocycles.